The molecule has 1 atom stereocenters. The Balaban J connectivity index is 1.42. The Kier molecular flexibility index (Phi) is 6.09. The lowest BCUT2D eigenvalue weighted by Crippen LogP contribution is -2.43. The van der Waals surface area contributed by atoms with Gasteiger partial charge < -0.3 is 15.1 Å². The first-order valence-electron chi connectivity index (χ1n) is 9.29. The SMILES string of the molecule is O=C1CCCN1CCCNC(=O)N1CCCC1/C=C/c1ccccc1. The summed E-state index contributed by atoms with van der Waals surface area (Å²) in [5.74, 6) is 0.247. The molecule has 1 aromatic rings. The maximum absolute atomic E-state index is 12.4. The molecule has 1 unspecified atom stereocenters. The largest absolute Gasteiger partial charge is 0.343 e. The van der Waals surface area contributed by atoms with Crippen molar-refractivity contribution >= 4 is 18.0 Å². The topological polar surface area (TPSA) is 52.7 Å². The zero-order valence-corrected chi connectivity index (χ0v) is 14.7. The van der Waals surface area contributed by atoms with Crippen LogP contribution < -0.4 is 5.32 Å². The van der Waals surface area contributed by atoms with Crippen LogP contribution in [-0.2, 0) is 4.79 Å². The summed E-state index contributed by atoms with van der Waals surface area (Å²) in [4.78, 5) is 27.8. The molecular weight excluding hydrogens is 314 g/mol. The number of likely N-dealkylation sites (tertiary alicyclic amines) is 2. The zero-order chi connectivity index (χ0) is 17.5. The first-order valence-corrected chi connectivity index (χ1v) is 9.29. The second-order valence-electron chi connectivity index (χ2n) is 6.74. The lowest BCUT2D eigenvalue weighted by molar-refractivity contribution is -0.127. The predicted octanol–water partition coefficient (Wildman–Crippen LogP) is 2.89. The molecule has 3 rings (SSSR count). The second-order valence-corrected chi connectivity index (χ2v) is 6.74. The molecule has 0 spiro atoms. The third kappa shape index (κ3) is 4.84. The van der Waals surface area contributed by atoms with E-state index in [9.17, 15) is 9.59 Å². The maximum Gasteiger partial charge on any atom is 0.317 e. The van der Waals surface area contributed by atoms with Crippen molar-refractivity contribution in [3.8, 4) is 0 Å². The van der Waals surface area contributed by atoms with Crippen LogP contribution in [0.2, 0.25) is 0 Å². The molecule has 5 nitrogen and oxygen atoms in total. The van der Waals surface area contributed by atoms with Gasteiger partial charge in [0, 0.05) is 32.6 Å². The summed E-state index contributed by atoms with van der Waals surface area (Å²) in [7, 11) is 0. The molecule has 1 N–H and O–H groups in total. The van der Waals surface area contributed by atoms with Gasteiger partial charge in [0.25, 0.3) is 0 Å². The average molecular weight is 341 g/mol. The number of nitrogens with zero attached hydrogens (tertiary/aromatic N) is 2. The van der Waals surface area contributed by atoms with Gasteiger partial charge in [-0.1, -0.05) is 42.5 Å². The van der Waals surface area contributed by atoms with Crippen LogP contribution in [-0.4, -0.2) is 54.0 Å². The molecular formula is C20H27N3O2. The fourth-order valence-corrected chi connectivity index (χ4v) is 3.54. The minimum absolute atomic E-state index is 0.00737. The number of benzene rings is 1. The van der Waals surface area contributed by atoms with Crippen LogP contribution in [0.5, 0.6) is 0 Å². The van der Waals surface area contributed by atoms with Crippen molar-refractivity contribution in [1.82, 2.24) is 15.1 Å². The van der Waals surface area contributed by atoms with Crippen molar-refractivity contribution in [1.29, 1.82) is 0 Å². The molecule has 2 heterocycles. The van der Waals surface area contributed by atoms with Gasteiger partial charge in [0.15, 0.2) is 0 Å². The van der Waals surface area contributed by atoms with E-state index in [0.717, 1.165) is 50.9 Å². The van der Waals surface area contributed by atoms with Crippen molar-refractivity contribution in [2.75, 3.05) is 26.2 Å². The van der Waals surface area contributed by atoms with E-state index in [1.807, 2.05) is 28.0 Å². The fraction of sp³-hybridized carbons (Fsp3) is 0.500. The van der Waals surface area contributed by atoms with Crippen LogP contribution in [0.25, 0.3) is 6.08 Å². The normalized spacial score (nSPS) is 20.6. The first kappa shape index (κ1) is 17.5. The van der Waals surface area contributed by atoms with E-state index in [1.54, 1.807) is 0 Å². The highest BCUT2D eigenvalue weighted by molar-refractivity contribution is 5.78. The first-order chi connectivity index (χ1) is 12.2. The van der Waals surface area contributed by atoms with E-state index >= 15 is 0 Å². The van der Waals surface area contributed by atoms with Crippen LogP contribution in [0.1, 0.15) is 37.7 Å². The van der Waals surface area contributed by atoms with Gasteiger partial charge in [-0.05, 0) is 31.2 Å². The molecule has 0 radical (unpaired) electrons. The third-order valence-corrected chi connectivity index (χ3v) is 4.92. The number of hydrogen-bond donors (Lipinski definition) is 1. The Morgan fingerprint density at radius 1 is 1.20 bits per heavy atom. The highest BCUT2D eigenvalue weighted by atomic mass is 16.2. The number of hydrogen-bond acceptors (Lipinski definition) is 2. The minimum atomic E-state index is 0.00737. The van der Waals surface area contributed by atoms with Gasteiger partial charge in [0.2, 0.25) is 5.91 Å². The molecule has 1 aromatic carbocycles. The highest BCUT2D eigenvalue weighted by Gasteiger charge is 2.26. The molecule has 134 valence electrons. The smallest absolute Gasteiger partial charge is 0.317 e. The van der Waals surface area contributed by atoms with E-state index in [0.29, 0.717) is 13.0 Å². The number of carbonyl (C=O) groups is 2. The summed E-state index contributed by atoms with van der Waals surface area (Å²) in [6, 6.07) is 10.3. The summed E-state index contributed by atoms with van der Waals surface area (Å²) in [6.45, 7) is 3.04. The van der Waals surface area contributed by atoms with E-state index in [4.69, 9.17) is 0 Å². The number of nitrogens with one attached hydrogen (secondary N) is 1. The molecule has 0 aromatic heterocycles. The standard InChI is InChI=1S/C20H27N3O2/c24-19-10-5-14-22(19)15-6-13-21-20(25)23-16-4-9-18(23)12-11-17-7-2-1-3-8-17/h1-3,7-8,11-12,18H,4-6,9-10,13-16H2,(H,21,25)/b12-11+. The Hall–Kier alpha value is -2.30. The summed E-state index contributed by atoms with van der Waals surface area (Å²) in [6.07, 6.45) is 8.73. The average Bonchev–Trinajstić information content (AvgIpc) is 3.26. The molecule has 0 aliphatic carbocycles. The quantitative estimate of drug-likeness (QED) is 0.809. The molecule has 5 heteroatoms. The number of rotatable bonds is 6. The lowest BCUT2D eigenvalue weighted by atomic mass is 10.1. The van der Waals surface area contributed by atoms with Crippen molar-refractivity contribution < 1.29 is 9.59 Å². The summed E-state index contributed by atoms with van der Waals surface area (Å²) in [5, 5.41) is 3.01. The van der Waals surface area contributed by atoms with Gasteiger partial charge in [0.1, 0.15) is 0 Å². The summed E-state index contributed by atoms with van der Waals surface area (Å²) >= 11 is 0. The molecule has 25 heavy (non-hydrogen) atoms. The molecule has 3 amide bonds. The molecule has 0 bridgehead atoms. The van der Waals surface area contributed by atoms with Gasteiger partial charge in [-0.3, -0.25) is 4.79 Å². The highest BCUT2D eigenvalue weighted by Crippen LogP contribution is 2.19. The van der Waals surface area contributed by atoms with Gasteiger partial charge in [-0.25, -0.2) is 4.79 Å². The maximum atomic E-state index is 12.4. The molecule has 2 saturated heterocycles. The van der Waals surface area contributed by atoms with Gasteiger partial charge >= 0.3 is 6.03 Å². The monoisotopic (exact) mass is 341 g/mol. The van der Waals surface area contributed by atoms with Crippen LogP contribution in [0.15, 0.2) is 36.4 Å². The fourth-order valence-electron chi connectivity index (χ4n) is 3.54. The summed E-state index contributed by atoms with van der Waals surface area (Å²) in [5.41, 5.74) is 1.16. The Bertz CT molecular complexity index is 615. The van der Waals surface area contributed by atoms with Crippen LogP contribution in [0, 0.1) is 0 Å². The zero-order valence-electron chi connectivity index (χ0n) is 14.7. The van der Waals surface area contributed by atoms with Crippen molar-refractivity contribution in [3.05, 3.63) is 42.0 Å². The molecule has 0 saturated carbocycles. The van der Waals surface area contributed by atoms with Gasteiger partial charge in [0.05, 0.1) is 6.04 Å². The number of carbonyl (C=O) groups excluding carboxylic acids is 2. The van der Waals surface area contributed by atoms with Gasteiger partial charge in [-0.15, -0.1) is 0 Å². The molecule has 2 fully saturated rings. The van der Waals surface area contributed by atoms with Crippen LogP contribution in [0.3, 0.4) is 0 Å². The van der Waals surface area contributed by atoms with E-state index in [-0.39, 0.29) is 18.0 Å². The van der Waals surface area contributed by atoms with Gasteiger partial charge in [-0.2, -0.15) is 0 Å². The van der Waals surface area contributed by atoms with Crippen molar-refractivity contribution in [2.24, 2.45) is 0 Å². The van der Waals surface area contributed by atoms with Crippen LogP contribution >= 0.6 is 0 Å². The molecule has 2 aliphatic heterocycles. The number of urea groups is 1. The lowest BCUT2D eigenvalue weighted by Gasteiger charge is -2.23. The van der Waals surface area contributed by atoms with Crippen molar-refractivity contribution in [2.45, 2.75) is 38.1 Å². The van der Waals surface area contributed by atoms with E-state index < -0.39 is 0 Å². The summed E-state index contributed by atoms with van der Waals surface area (Å²) < 4.78 is 0. The predicted molar refractivity (Wildman–Crippen MR) is 99.0 cm³/mol. The number of amides is 3. The Morgan fingerprint density at radius 3 is 2.80 bits per heavy atom. The minimum Gasteiger partial charge on any atom is -0.343 e. The van der Waals surface area contributed by atoms with Crippen molar-refractivity contribution in [3.63, 3.8) is 0 Å². The Morgan fingerprint density at radius 2 is 2.04 bits per heavy atom. The van der Waals surface area contributed by atoms with E-state index in [1.165, 1.54) is 0 Å². The third-order valence-electron chi connectivity index (χ3n) is 4.92. The second kappa shape index (κ2) is 8.70. The molecule has 2 aliphatic rings. The van der Waals surface area contributed by atoms with E-state index in [2.05, 4.69) is 29.6 Å². The Labute approximate surface area is 149 Å². The van der Waals surface area contributed by atoms with Crippen LogP contribution in [0.4, 0.5) is 4.79 Å².